The number of carboxylic acid groups (broad SMARTS) is 1. The van der Waals surface area contributed by atoms with Crippen LogP contribution in [0.2, 0.25) is 0 Å². The number of hydrogen-bond acceptors (Lipinski definition) is 3. The summed E-state index contributed by atoms with van der Waals surface area (Å²) in [6.07, 6.45) is 0.147. The van der Waals surface area contributed by atoms with Crippen LogP contribution in [0.5, 0.6) is 0 Å². The summed E-state index contributed by atoms with van der Waals surface area (Å²) < 4.78 is 6.26. The van der Waals surface area contributed by atoms with Crippen LogP contribution in [0.4, 0.5) is 4.79 Å². The SMILES string of the molecule is O=C(NCc1cccc(Br)c1)NCC1CCC(C(=O)O)O1. The third kappa shape index (κ3) is 5.02. The Labute approximate surface area is 131 Å². The molecular weight excluding hydrogens is 340 g/mol. The van der Waals surface area contributed by atoms with Crippen molar-refractivity contribution in [1.82, 2.24) is 10.6 Å². The molecule has 6 nitrogen and oxygen atoms in total. The molecular formula is C14H17BrN2O4. The number of carboxylic acids is 1. The van der Waals surface area contributed by atoms with Gasteiger partial charge < -0.3 is 20.5 Å². The van der Waals surface area contributed by atoms with Crippen molar-refractivity contribution < 1.29 is 19.4 Å². The van der Waals surface area contributed by atoms with Gasteiger partial charge in [0.25, 0.3) is 0 Å². The Morgan fingerprint density at radius 2 is 2.14 bits per heavy atom. The summed E-state index contributed by atoms with van der Waals surface area (Å²) in [6.45, 7) is 0.739. The maximum atomic E-state index is 11.7. The van der Waals surface area contributed by atoms with E-state index < -0.39 is 12.1 Å². The Morgan fingerprint density at radius 3 is 2.81 bits per heavy atom. The van der Waals surface area contributed by atoms with E-state index in [0.717, 1.165) is 10.0 Å². The first kappa shape index (κ1) is 15.8. The average molecular weight is 357 g/mol. The van der Waals surface area contributed by atoms with Crippen molar-refractivity contribution in [3.05, 3.63) is 34.3 Å². The van der Waals surface area contributed by atoms with Gasteiger partial charge in [-0.25, -0.2) is 9.59 Å². The molecule has 0 aromatic heterocycles. The van der Waals surface area contributed by atoms with E-state index in [4.69, 9.17) is 9.84 Å². The van der Waals surface area contributed by atoms with Gasteiger partial charge in [0.15, 0.2) is 6.10 Å². The Morgan fingerprint density at radius 1 is 1.33 bits per heavy atom. The summed E-state index contributed by atoms with van der Waals surface area (Å²) in [4.78, 5) is 22.4. The van der Waals surface area contributed by atoms with E-state index >= 15 is 0 Å². The van der Waals surface area contributed by atoms with E-state index in [1.165, 1.54) is 0 Å². The number of aliphatic carboxylic acids is 1. The second-order valence-corrected chi connectivity index (χ2v) is 5.77. The number of rotatable bonds is 5. The smallest absolute Gasteiger partial charge is 0.332 e. The predicted molar refractivity (Wildman–Crippen MR) is 79.9 cm³/mol. The van der Waals surface area contributed by atoms with E-state index in [-0.39, 0.29) is 12.1 Å². The number of nitrogens with one attached hydrogen (secondary N) is 2. The molecule has 2 amide bonds. The molecule has 2 atom stereocenters. The number of carbonyl (C=O) groups is 2. The van der Waals surface area contributed by atoms with Gasteiger partial charge >= 0.3 is 12.0 Å². The van der Waals surface area contributed by atoms with Crippen molar-refractivity contribution in [2.75, 3.05) is 6.54 Å². The molecule has 2 rings (SSSR count). The molecule has 0 bridgehead atoms. The monoisotopic (exact) mass is 356 g/mol. The lowest BCUT2D eigenvalue weighted by Crippen LogP contribution is -2.39. The molecule has 2 unspecified atom stereocenters. The van der Waals surface area contributed by atoms with Gasteiger partial charge in [-0.05, 0) is 30.5 Å². The van der Waals surface area contributed by atoms with Gasteiger partial charge in [0.05, 0.1) is 6.10 Å². The predicted octanol–water partition coefficient (Wildman–Crippen LogP) is 1.88. The van der Waals surface area contributed by atoms with Crippen LogP contribution in [0.3, 0.4) is 0 Å². The van der Waals surface area contributed by atoms with Gasteiger partial charge in [0.2, 0.25) is 0 Å². The molecule has 7 heteroatoms. The lowest BCUT2D eigenvalue weighted by Gasteiger charge is -2.13. The van der Waals surface area contributed by atoms with Gasteiger partial charge in [-0.2, -0.15) is 0 Å². The van der Waals surface area contributed by atoms with Crippen molar-refractivity contribution in [1.29, 1.82) is 0 Å². The zero-order chi connectivity index (χ0) is 15.2. The van der Waals surface area contributed by atoms with Crippen molar-refractivity contribution >= 4 is 27.9 Å². The highest BCUT2D eigenvalue weighted by molar-refractivity contribution is 9.10. The van der Waals surface area contributed by atoms with Crippen LogP contribution in [-0.4, -0.2) is 35.9 Å². The van der Waals surface area contributed by atoms with Crippen LogP contribution in [0.25, 0.3) is 0 Å². The number of urea groups is 1. The summed E-state index contributed by atoms with van der Waals surface area (Å²) in [5.74, 6) is -0.948. The van der Waals surface area contributed by atoms with Crippen LogP contribution < -0.4 is 10.6 Å². The van der Waals surface area contributed by atoms with Crippen LogP contribution in [0, 0.1) is 0 Å². The summed E-state index contributed by atoms with van der Waals surface area (Å²) >= 11 is 3.37. The van der Waals surface area contributed by atoms with Crippen molar-refractivity contribution in [2.24, 2.45) is 0 Å². The minimum atomic E-state index is -0.948. The summed E-state index contributed by atoms with van der Waals surface area (Å²) in [5, 5.41) is 14.2. The topological polar surface area (TPSA) is 87.7 Å². The minimum absolute atomic E-state index is 0.234. The van der Waals surface area contributed by atoms with Gasteiger partial charge in [0, 0.05) is 17.6 Å². The molecule has 0 spiro atoms. The van der Waals surface area contributed by atoms with Crippen molar-refractivity contribution in [3.8, 4) is 0 Å². The summed E-state index contributed by atoms with van der Waals surface area (Å²) in [7, 11) is 0. The second-order valence-electron chi connectivity index (χ2n) is 4.86. The van der Waals surface area contributed by atoms with E-state index in [2.05, 4.69) is 26.6 Å². The highest BCUT2D eigenvalue weighted by atomic mass is 79.9. The van der Waals surface area contributed by atoms with Gasteiger partial charge in [0.1, 0.15) is 0 Å². The fourth-order valence-electron chi connectivity index (χ4n) is 2.14. The van der Waals surface area contributed by atoms with Crippen LogP contribution in [0.1, 0.15) is 18.4 Å². The fraction of sp³-hybridized carbons (Fsp3) is 0.429. The zero-order valence-corrected chi connectivity index (χ0v) is 12.9. The van der Waals surface area contributed by atoms with Crippen LogP contribution >= 0.6 is 15.9 Å². The maximum Gasteiger partial charge on any atom is 0.332 e. The van der Waals surface area contributed by atoms with E-state index in [1.807, 2.05) is 24.3 Å². The number of hydrogen-bond donors (Lipinski definition) is 3. The van der Waals surface area contributed by atoms with Gasteiger partial charge in [-0.3, -0.25) is 0 Å². The molecule has 0 aliphatic carbocycles. The third-order valence-electron chi connectivity index (χ3n) is 3.22. The van der Waals surface area contributed by atoms with Gasteiger partial charge in [-0.15, -0.1) is 0 Å². The average Bonchev–Trinajstić information content (AvgIpc) is 2.92. The van der Waals surface area contributed by atoms with Gasteiger partial charge in [-0.1, -0.05) is 28.1 Å². The lowest BCUT2D eigenvalue weighted by molar-refractivity contribution is -0.149. The molecule has 1 saturated heterocycles. The Bertz CT molecular complexity index is 523. The molecule has 114 valence electrons. The van der Waals surface area contributed by atoms with E-state index in [0.29, 0.717) is 25.9 Å². The standard InChI is InChI=1S/C14H17BrN2O4/c15-10-3-1-2-9(6-10)7-16-14(20)17-8-11-4-5-12(21-11)13(18)19/h1-3,6,11-12H,4-5,7-8H2,(H,18,19)(H2,16,17,20). The molecule has 1 aliphatic rings. The molecule has 1 aliphatic heterocycles. The van der Waals surface area contributed by atoms with E-state index in [9.17, 15) is 9.59 Å². The molecule has 1 heterocycles. The highest BCUT2D eigenvalue weighted by Gasteiger charge is 2.30. The first-order valence-corrected chi connectivity index (χ1v) is 7.48. The third-order valence-corrected chi connectivity index (χ3v) is 3.71. The Hall–Kier alpha value is -1.60. The van der Waals surface area contributed by atoms with E-state index in [1.54, 1.807) is 0 Å². The number of carbonyl (C=O) groups excluding carboxylic acids is 1. The zero-order valence-electron chi connectivity index (χ0n) is 11.3. The molecule has 0 saturated carbocycles. The Kier molecular flexibility index (Phi) is 5.58. The van der Waals surface area contributed by atoms with Crippen LogP contribution in [0.15, 0.2) is 28.7 Å². The lowest BCUT2D eigenvalue weighted by atomic mass is 10.2. The van der Waals surface area contributed by atoms with Crippen molar-refractivity contribution in [2.45, 2.75) is 31.6 Å². The normalized spacial score (nSPS) is 21.0. The highest BCUT2D eigenvalue weighted by Crippen LogP contribution is 2.19. The number of benzene rings is 1. The molecule has 1 aromatic carbocycles. The number of halogens is 1. The number of amides is 2. The maximum absolute atomic E-state index is 11.7. The first-order valence-electron chi connectivity index (χ1n) is 6.69. The minimum Gasteiger partial charge on any atom is -0.479 e. The molecule has 0 radical (unpaired) electrons. The fourth-order valence-corrected chi connectivity index (χ4v) is 2.58. The molecule has 3 N–H and O–H groups in total. The quantitative estimate of drug-likeness (QED) is 0.751. The first-order chi connectivity index (χ1) is 10.0. The van der Waals surface area contributed by atoms with Crippen LogP contribution in [-0.2, 0) is 16.1 Å². The molecule has 1 fully saturated rings. The van der Waals surface area contributed by atoms with Crippen molar-refractivity contribution in [3.63, 3.8) is 0 Å². The largest absolute Gasteiger partial charge is 0.479 e. The summed E-state index contributed by atoms with van der Waals surface area (Å²) in [6, 6.07) is 7.37. The molecule has 1 aromatic rings. The molecule has 21 heavy (non-hydrogen) atoms. The number of ether oxygens (including phenoxy) is 1. The second kappa shape index (κ2) is 7.42. The Balaban J connectivity index is 1.67. The summed E-state index contributed by atoms with van der Waals surface area (Å²) in [5.41, 5.74) is 0.989.